The van der Waals surface area contributed by atoms with Crippen LogP contribution < -0.4 is 0 Å². The van der Waals surface area contributed by atoms with Crippen LogP contribution in [-0.4, -0.2) is 23.1 Å². The van der Waals surface area contributed by atoms with Gasteiger partial charge in [0.2, 0.25) is 0 Å². The van der Waals surface area contributed by atoms with Crippen molar-refractivity contribution in [1.29, 1.82) is 5.26 Å². The van der Waals surface area contributed by atoms with Crippen LogP contribution in [0, 0.1) is 31.8 Å². The van der Waals surface area contributed by atoms with Crippen LogP contribution >= 0.6 is 0 Å². The van der Waals surface area contributed by atoms with E-state index in [1.807, 2.05) is 107 Å². The quantitative estimate of drug-likeness (QED) is 0.0213. The first-order chi connectivity index (χ1) is 45.7. The van der Waals surface area contributed by atoms with Crippen molar-refractivity contribution in [2.75, 3.05) is 0 Å². The van der Waals surface area contributed by atoms with Crippen molar-refractivity contribution in [1.82, 2.24) is 0 Å². The first-order valence-electron chi connectivity index (χ1n) is 30.2. The Labute approximate surface area is 553 Å². The van der Waals surface area contributed by atoms with Gasteiger partial charge in [-0.05, 0) is 144 Å². The van der Waals surface area contributed by atoms with E-state index >= 15 is 0 Å². The number of rotatable bonds is 18. The fraction of sp³-hybridized carbons (Fsp3) is 0.122. The van der Waals surface area contributed by atoms with Crippen LogP contribution in [-0.2, 0) is 21.9 Å². The average molecular weight is 1290 g/mol. The number of carbonyl (C=O) groups is 4. The number of nitrogens with zero attached hydrogens (tertiary/aromatic N) is 2. The van der Waals surface area contributed by atoms with E-state index in [0.717, 1.165) is 86.5 Å². The van der Waals surface area contributed by atoms with Gasteiger partial charge in [-0.1, -0.05) is 219 Å². The number of Topliss-reactive ketones (excluding diaryl/α,β-unsaturated/α-hetero) is 4. The summed E-state index contributed by atoms with van der Waals surface area (Å²) >= 11 is 0. The van der Waals surface area contributed by atoms with Gasteiger partial charge in [0.15, 0.2) is 28.8 Å². The molecule has 0 aromatic heterocycles. The summed E-state index contributed by atoms with van der Waals surface area (Å²) in [6.07, 6.45) is 1.64. The Balaban J connectivity index is 0.000000204. The molecule has 0 unspecified atom stereocenters. The first kappa shape index (κ1) is 72.0. The first-order valence-corrected chi connectivity index (χ1v) is 30.2. The molecule has 482 valence electrons. The second kappa shape index (κ2) is 33.4. The second-order valence-electron chi connectivity index (χ2n) is 22.1. The van der Waals surface area contributed by atoms with Gasteiger partial charge in [-0.3, -0.25) is 19.2 Å². The number of ketones is 4. The summed E-state index contributed by atoms with van der Waals surface area (Å²) in [7, 11) is 0. The van der Waals surface area contributed by atoms with Crippen LogP contribution in [0.3, 0.4) is 0 Å². The molecule has 0 spiro atoms. The molecule has 14 heteroatoms. The molecule has 9 aromatic carbocycles. The number of alkyl halides is 6. The lowest BCUT2D eigenvalue weighted by molar-refractivity contribution is -0.138. The van der Waals surface area contributed by atoms with E-state index < -0.39 is 29.3 Å². The van der Waals surface area contributed by atoms with Crippen molar-refractivity contribution in [3.8, 4) is 6.07 Å². The van der Waals surface area contributed by atoms with Crippen LogP contribution in [0.15, 0.2) is 218 Å². The van der Waals surface area contributed by atoms with E-state index in [-0.39, 0.29) is 34.5 Å². The molecule has 0 radical (unpaired) electrons. The summed E-state index contributed by atoms with van der Waals surface area (Å²) in [5.41, 5.74) is 11.4. The highest BCUT2D eigenvalue weighted by Gasteiger charge is 2.31. The predicted octanol–water partition coefficient (Wildman–Crippen LogP) is 22.6. The number of hydrogen-bond donors (Lipinski definition) is 0. The number of benzene rings is 9. The van der Waals surface area contributed by atoms with Gasteiger partial charge in [0, 0.05) is 46.2 Å². The summed E-state index contributed by atoms with van der Waals surface area (Å²) in [6, 6.07) is 60.8. The Kier molecular flexibility index (Phi) is 25.0. The van der Waals surface area contributed by atoms with Crippen molar-refractivity contribution >= 4 is 93.7 Å². The van der Waals surface area contributed by atoms with Gasteiger partial charge in [0.25, 0.3) is 0 Å². The molecular formula is C82H64F8N2O4. The monoisotopic (exact) mass is 1290 g/mol. The molecule has 0 fully saturated rings. The van der Waals surface area contributed by atoms with Gasteiger partial charge in [-0.15, -0.1) is 0 Å². The summed E-state index contributed by atoms with van der Waals surface area (Å²) in [4.78, 5) is 51.6. The summed E-state index contributed by atoms with van der Waals surface area (Å²) in [5.74, 6) is -1.20. The maximum Gasteiger partial charge on any atom is 0.416 e. The minimum absolute atomic E-state index is 0.0485. The smallest absolute Gasteiger partial charge is 0.294 e. The fourth-order valence-corrected chi connectivity index (χ4v) is 9.49. The van der Waals surface area contributed by atoms with E-state index in [2.05, 4.69) is 10.9 Å². The molecule has 0 atom stereocenters. The van der Waals surface area contributed by atoms with E-state index in [1.165, 1.54) is 38.1 Å². The maximum absolute atomic E-state index is 14.3. The number of nitriles is 1. The molecule has 0 bridgehead atoms. The van der Waals surface area contributed by atoms with Crippen molar-refractivity contribution in [3.05, 3.63) is 330 Å². The highest BCUT2D eigenvalue weighted by Crippen LogP contribution is 2.33. The molecule has 0 N–H and O–H groups in total. The van der Waals surface area contributed by atoms with Crippen molar-refractivity contribution in [2.24, 2.45) is 0 Å². The molecule has 9 rings (SSSR count). The minimum atomic E-state index is -4.46. The zero-order valence-corrected chi connectivity index (χ0v) is 53.2. The van der Waals surface area contributed by atoms with E-state index in [9.17, 15) is 59.6 Å². The zero-order chi connectivity index (χ0) is 69.7. The predicted molar refractivity (Wildman–Crippen MR) is 370 cm³/mol. The standard InChI is InChI=1S/C30H24N2O2.C28H23F3O2.C24H17F5/c1-4-29(33)25-14-10-23(11-15-25)27(20-31)18-21-6-8-22(9-7-21)19-28(32-3)24-12-16-26(17-13-24)30(34)5-2;1-18-4-10-23(11-5-18)26(19(2)32)16-21-6-8-22(9-7-21)17-27(20(3)33)24-12-14-25(15-13-24)28(29,30)31;1-16-2-8-19(9-3-16)22(25)14-17-4-6-18(7-5-17)15-23(26)20-10-12-21(13-11-20)24(27,28)29/h6-19H,4-5H2,1-2H3;4-17H,1-3H3;2-15H,1H3/b27-18+,28-19-;26-16+,27-17+;22-14-,23-15-. The van der Waals surface area contributed by atoms with Gasteiger partial charge in [-0.2, -0.15) is 31.6 Å². The highest BCUT2D eigenvalue weighted by molar-refractivity contribution is 6.25. The van der Waals surface area contributed by atoms with Crippen LogP contribution in [0.5, 0.6) is 0 Å². The Morgan fingerprint density at radius 2 is 0.656 bits per heavy atom. The molecule has 9 aromatic rings. The second-order valence-corrected chi connectivity index (χ2v) is 22.1. The highest BCUT2D eigenvalue weighted by atomic mass is 19.4. The molecule has 0 aliphatic rings. The molecule has 0 saturated carbocycles. The van der Waals surface area contributed by atoms with Crippen LogP contribution in [0.2, 0.25) is 0 Å². The third kappa shape index (κ3) is 20.8. The average Bonchev–Trinajstić information content (AvgIpc) is 2.96. The molecule has 0 saturated heterocycles. The molecule has 96 heavy (non-hydrogen) atoms. The van der Waals surface area contributed by atoms with Crippen LogP contribution in [0.25, 0.3) is 75.4 Å². The lowest BCUT2D eigenvalue weighted by Crippen LogP contribution is -2.05. The number of allylic oxidation sites excluding steroid dienone is 3. The molecule has 0 heterocycles. The summed E-state index contributed by atoms with van der Waals surface area (Å²) in [5, 5.41) is 9.62. The molecule has 0 aliphatic heterocycles. The third-order valence-corrected chi connectivity index (χ3v) is 15.0. The molecular weight excluding hydrogens is 1230 g/mol. The number of aryl methyl sites for hydroxylation is 2. The largest absolute Gasteiger partial charge is 0.416 e. The van der Waals surface area contributed by atoms with Crippen molar-refractivity contribution < 1.29 is 54.3 Å². The Hall–Kier alpha value is -11.5. The third-order valence-electron chi connectivity index (χ3n) is 15.0. The van der Waals surface area contributed by atoms with Crippen molar-refractivity contribution in [2.45, 2.75) is 66.7 Å². The Morgan fingerprint density at radius 3 is 0.969 bits per heavy atom. The van der Waals surface area contributed by atoms with Gasteiger partial charge in [0.1, 0.15) is 11.7 Å². The normalized spacial score (nSPS) is 12.2. The zero-order valence-electron chi connectivity index (χ0n) is 53.2. The van der Waals surface area contributed by atoms with Gasteiger partial charge < -0.3 is 0 Å². The molecule has 6 nitrogen and oxygen atoms in total. The minimum Gasteiger partial charge on any atom is -0.294 e. The molecule has 0 amide bonds. The maximum atomic E-state index is 14.3. The Bertz CT molecular complexity index is 4400. The van der Waals surface area contributed by atoms with Crippen LogP contribution in [0.4, 0.5) is 35.1 Å². The van der Waals surface area contributed by atoms with Crippen molar-refractivity contribution in [3.63, 3.8) is 0 Å². The number of halogens is 8. The fourth-order valence-electron chi connectivity index (χ4n) is 9.49. The number of hydrogen-bond acceptors (Lipinski definition) is 5. The lowest BCUT2D eigenvalue weighted by Gasteiger charge is -2.09. The number of carbonyl (C=O) groups excluding carboxylic acids is 4. The Morgan fingerprint density at radius 1 is 0.385 bits per heavy atom. The van der Waals surface area contributed by atoms with Gasteiger partial charge in [-0.25, -0.2) is 13.6 Å². The lowest BCUT2D eigenvalue weighted by atomic mass is 9.96. The van der Waals surface area contributed by atoms with Crippen LogP contribution in [0.1, 0.15) is 150 Å². The molecule has 0 aliphatic carbocycles. The summed E-state index contributed by atoms with van der Waals surface area (Å²) in [6.45, 7) is 18.0. The van der Waals surface area contributed by atoms with Gasteiger partial charge in [0.05, 0.1) is 29.3 Å². The topological polar surface area (TPSA) is 96.4 Å². The van der Waals surface area contributed by atoms with Gasteiger partial charge >= 0.3 is 12.4 Å². The van der Waals surface area contributed by atoms with E-state index in [1.54, 1.807) is 115 Å². The summed E-state index contributed by atoms with van der Waals surface area (Å²) < 4.78 is 105. The van der Waals surface area contributed by atoms with E-state index in [4.69, 9.17) is 6.57 Å². The van der Waals surface area contributed by atoms with E-state index in [0.29, 0.717) is 68.6 Å². The SMILES string of the molecule is CC(=O)/C(=C\c1ccc(/C=C(\C(C)=O)c2ccc(C(F)(F)F)cc2)cc1)c1ccc(C)cc1.Cc1ccc(/C(F)=C/c2ccc(/C=C(\F)c3ccc(C(F)(F)F)cc3)cc2)cc1.[C-]#[N+]/C(=C\c1ccc(/C=C(\C#N)c2ccc(C(=O)CC)cc2)cc1)c1ccc(C(=O)CC)cc1.